The number of anilines is 1. The van der Waals surface area contributed by atoms with Crippen molar-refractivity contribution >= 4 is 23.3 Å². The number of hydrogen-bond donors (Lipinski definition) is 0. The van der Waals surface area contributed by atoms with Gasteiger partial charge < -0.3 is 19.0 Å². The van der Waals surface area contributed by atoms with Crippen LogP contribution in [0.5, 0.6) is 0 Å². The molecule has 7 nitrogen and oxygen atoms in total. The number of hydrogen-bond acceptors (Lipinski definition) is 6. The molecule has 3 aromatic rings. The largest absolute Gasteiger partial charge is 0.459 e. The third-order valence-electron chi connectivity index (χ3n) is 5.75. The van der Waals surface area contributed by atoms with Gasteiger partial charge >= 0.3 is 0 Å². The summed E-state index contributed by atoms with van der Waals surface area (Å²) in [5, 5.41) is 0.701. The topological polar surface area (TPSA) is 71.7 Å². The molecule has 1 amide bonds. The van der Waals surface area contributed by atoms with E-state index >= 15 is 0 Å². The van der Waals surface area contributed by atoms with Crippen molar-refractivity contribution in [1.82, 2.24) is 14.9 Å². The van der Waals surface area contributed by atoms with Gasteiger partial charge in [0.25, 0.3) is 5.91 Å². The maximum absolute atomic E-state index is 12.7. The number of halogens is 1. The van der Waals surface area contributed by atoms with Crippen LogP contribution in [0.25, 0.3) is 0 Å². The van der Waals surface area contributed by atoms with E-state index in [1.807, 2.05) is 23.1 Å². The van der Waals surface area contributed by atoms with E-state index in [1.165, 1.54) is 6.26 Å². The summed E-state index contributed by atoms with van der Waals surface area (Å²) in [5.41, 5.74) is 3.02. The Morgan fingerprint density at radius 1 is 1.15 bits per heavy atom. The summed E-state index contributed by atoms with van der Waals surface area (Å²) in [4.78, 5) is 26.6. The van der Waals surface area contributed by atoms with Gasteiger partial charge in [0.2, 0.25) is 0 Å². The van der Waals surface area contributed by atoms with Crippen LogP contribution < -0.4 is 4.90 Å². The molecule has 0 spiro atoms. The van der Waals surface area contributed by atoms with E-state index in [0.717, 1.165) is 28.5 Å². The minimum Gasteiger partial charge on any atom is -0.459 e. The molecule has 1 aliphatic heterocycles. The molecular formula is C25H29ClN4O3. The normalized spacial score (nSPS) is 14.2. The first-order valence-corrected chi connectivity index (χ1v) is 11.5. The molecule has 1 aromatic carbocycles. The van der Waals surface area contributed by atoms with Crippen molar-refractivity contribution in [3.63, 3.8) is 0 Å². The van der Waals surface area contributed by atoms with Gasteiger partial charge in [0.05, 0.1) is 18.6 Å². The van der Waals surface area contributed by atoms with Crippen LogP contribution in [0.2, 0.25) is 5.02 Å². The first-order chi connectivity index (χ1) is 16.0. The van der Waals surface area contributed by atoms with Crippen LogP contribution in [0.3, 0.4) is 0 Å². The highest BCUT2D eigenvalue weighted by molar-refractivity contribution is 6.30. The molecule has 0 unspecified atom stereocenters. The summed E-state index contributed by atoms with van der Waals surface area (Å²) < 4.78 is 10.8. The van der Waals surface area contributed by atoms with Crippen LogP contribution in [-0.2, 0) is 17.8 Å². The van der Waals surface area contributed by atoms with Gasteiger partial charge in [0.15, 0.2) is 5.76 Å². The fraction of sp³-hybridized carbons (Fsp3) is 0.400. The molecule has 1 fully saturated rings. The Labute approximate surface area is 199 Å². The van der Waals surface area contributed by atoms with Crippen LogP contribution in [-0.4, -0.2) is 54.1 Å². The number of nitrogens with zero attached hydrogens (tertiary/aromatic N) is 4. The van der Waals surface area contributed by atoms with E-state index in [-0.39, 0.29) is 11.8 Å². The van der Waals surface area contributed by atoms with E-state index in [4.69, 9.17) is 30.7 Å². The van der Waals surface area contributed by atoms with E-state index in [2.05, 4.69) is 24.8 Å². The maximum atomic E-state index is 12.7. The zero-order valence-electron chi connectivity index (χ0n) is 19.3. The van der Waals surface area contributed by atoms with E-state index in [0.29, 0.717) is 50.0 Å². The lowest BCUT2D eigenvalue weighted by molar-refractivity contribution is 0.0714. The summed E-state index contributed by atoms with van der Waals surface area (Å²) in [7, 11) is 1.68. The fourth-order valence-electron chi connectivity index (χ4n) is 4.02. The van der Waals surface area contributed by atoms with Crippen molar-refractivity contribution in [2.24, 2.45) is 0 Å². The van der Waals surface area contributed by atoms with Crippen molar-refractivity contribution < 1.29 is 13.9 Å². The van der Waals surface area contributed by atoms with Gasteiger partial charge in [-0.1, -0.05) is 37.6 Å². The van der Waals surface area contributed by atoms with Gasteiger partial charge in [-0.15, -0.1) is 0 Å². The molecule has 3 heterocycles. The second kappa shape index (κ2) is 10.4. The second-order valence-electron chi connectivity index (χ2n) is 8.48. The highest BCUT2D eigenvalue weighted by atomic mass is 35.5. The highest BCUT2D eigenvalue weighted by Gasteiger charge is 2.27. The fourth-order valence-corrected chi connectivity index (χ4v) is 4.23. The summed E-state index contributed by atoms with van der Waals surface area (Å²) in [5.74, 6) is 2.18. The highest BCUT2D eigenvalue weighted by Crippen LogP contribution is 2.29. The lowest BCUT2D eigenvalue weighted by atomic mass is 10.0. The second-order valence-corrected chi connectivity index (χ2v) is 8.92. The average molecular weight is 469 g/mol. The van der Waals surface area contributed by atoms with Crippen molar-refractivity contribution in [2.45, 2.75) is 32.8 Å². The Morgan fingerprint density at radius 3 is 2.58 bits per heavy atom. The number of amides is 1. The van der Waals surface area contributed by atoms with Gasteiger partial charge in [-0.3, -0.25) is 4.79 Å². The number of rotatable bonds is 7. The number of ether oxygens (including phenoxy) is 1. The van der Waals surface area contributed by atoms with Crippen LogP contribution in [0.1, 0.15) is 53.0 Å². The molecule has 0 aliphatic carbocycles. The Balaban J connectivity index is 1.64. The van der Waals surface area contributed by atoms with E-state index < -0.39 is 0 Å². The van der Waals surface area contributed by atoms with Gasteiger partial charge in [-0.2, -0.15) is 0 Å². The molecular weight excluding hydrogens is 440 g/mol. The number of methoxy groups -OCH3 is 1. The van der Waals surface area contributed by atoms with Crippen LogP contribution >= 0.6 is 11.6 Å². The van der Waals surface area contributed by atoms with E-state index in [1.54, 1.807) is 19.2 Å². The SMILES string of the molecule is COCc1nc(C(C)C)nc(N2CCN(C(=O)c3ccco3)CC2)c1Cc1cccc(Cl)c1. The first kappa shape index (κ1) is 23.3. The van der Waals surface area contributed by atoms with Crippen molar-refractivity contribution in [3.05, 3.63) is 76.1 Å². The van der Waals surface area contributed by atoms with Crippen molar-refractivity contribution in [2.75, 3.05) is 38.2 Å². The van der Waals surface area contributed by atoms with Gasteiger partial charge in [-0.05, 0) is 29.8 Å². The molecule has 2 aromatic heterocycles. The minimum absolute atomic E-state index is 0.0792. The van der Waals surface area contributed by atoms with Crippen LogP contribution in [0.4, 0.5) is 5.82 Å². The Bertz CT molecular complexity index is 1090. The van der Waals surface area contributed by atoms with Crippen LogP contribution in [0, 0.1) is 0 Å². The third kappa shape index (κ3) is 5.37. The number of aromatic nitrogens is 2. The molecule has 0 atom stereocenters. The molecule has 0 radical (unpaired) electrons. The summed E-state index contributed by atoms with van der Waals surface area (Å²) in [6.45, 7) is 7.13. The predicted molar refractivity (Wildman–Crippen MR) is 128 cm³/mol. The third-order valence-corrected chi connectivity index (χ3v) is 5.99. The number of carbonyl (C=O) groups is 1. The van der Waals surface area contributed by atoms with Gasteiger partial charge in [0, 0.05) is 56.2 Å². The number of furan rings is 1. The molecule has 174 valence electrons. The quantitative estimate of drug-likeness (QED) is 0.506. The monoisotopic (exact) mass is 468 g/mol. The lowest BCUT2D eigenvalue weighted by Gasteiger charge is -2.36. The minimum atomic E-state index is -0.0792. The zero-order chi connectivity index (χ0) is 23.4. The summed E-state index contributed by atoms with van der Waals surface area (Å²) >= 11 is 6.24. The standard InChI is InChI=1S/C25H29ClN4O3/c1-17(2)23-27-21(16-32-3)20(15-18-6-4-7-19(26)14-18)24(28-23)29-9-11-30(12-10-29)25(31)22-8-5-13-33-22/h4-8,13-14,17H,9-12,15-16H2,1-3H3. The molecule has 8 heteroatoms. The maximum Gasteiger partial charge on any atom is 0.289 e. The molecule has 0 saturated carbocycles. The Morgan fingerprint density at radius 2 is 1.94 bits per heavy atom. The molecule has 4 rings (SSSR count). The molecule has 33 heavy (non-hydrogen) atoms. The predicted octanol–water partition coefficient (Wildman–Crippen LogP) is 4.55. The van der Waals surface area contributed by atoms with E-state index in [9.17, 15) is 4.79 Å². The zero-order valence-corrected chi connectivity index (χ0v) is 20.0. The first-order valence-electron chi connectivity index (χ1n) is 11.2. The number of piperazine rings is 1. The molecule has 0 N–H and O–H groups in total. The lowest BCUT2D eigenvalue weighted by Crippen LogP contribution is -2.49. The summed E-state index contributed by atoms with van der Waals surface area (Å²) in [6, 6.07) is 11.3. The Hall–Kier alpha value is -2.90. The van der Waals surface area contributed by atoms with Crippen LogP contribution in [0.15, 0.2) is 47.1 Å². The van der Waals surface area contributed by atoms with Crippen molar-refractivity contribution in [1.29, 1.82) is 0 Å². The number of carbonyl (C=O) groups excluding carboxylic acids is 1. The summed E-state index contributed by atoms with van der Waals surface area (Å²) in [6.07, 6.45) is 2.18. The molecule has 1 aliphatic rings. The van der Waals surface area contributed by atoms with Gasteiger partial charge in [0.1, 0.15) is 11.6 Å². The van der Waals surface area contributed by atoms with Gasteiger partial charge in [-0.25, -0.2) is 9.97 Å². The number of benzene rings is 1. The Kier molecular flexibility index (Phi) is 7.30. The molecule has 0 bridgehead atoms. The smallest absolute Gasteiger partial charge is 0.289 e. The van der Waals surface area contributed by atoms with Crippen molar-refractivity contribution in [3.8, 4) is 0 Å². The average Bonchev–Trinajstić information content (AvgIpc) is 3.35. The molecule has 1 saturated heterocycles.